The van der Waals surface area contributed by atoms with Gasteiger partial charge in [0.25, 0.3) is 0 Å². The van der Waals surface area contributed by atoms with Crippen molar-refractivity contribution in [2.24, 2.45) is 5.92 Å². The van der Waals surface area contributed by atoms with E-state index in [9.17, 15) is 9.59 Å². The van der Waals surface area contributed by atoms with Crippen molar-refractivity contribution in [3.63, 3.8) is 0 Å². The molecule has 2 amide bonds. The molecule has 0 saturated carbocycles. The number of hydrogen-bond donors (Lipinski definition) is 1. The number of benzene rings is 2. The van der Waals surface area contributed by atoms with Crippen molar-refractivity contribution in [2.45, 2.75) is 44.9 Å². The summed E-state index contributed by atoms with van der Waals surface area (Å²) in [6, 6.07) is 14.2. The third-order valence-electron chi connectivity index (χ3n) is 5.96. The van der Waals surface area contributed by atoms with Crippen LogP contribution in [-0.2, 0) is 28.9 Å². The highest BCUT2D eigenvalue weighted by Gasteiger charge is 2.23. The number of hydrogen-bond acceptors (Lipinski definition) is 2. The van der Waals surface area contributed by atoms with Gasteiger partial charge in [-0.2, -0.15) is 0 Å². The first kappa shape index (κ1) is 20.0. The monoisotopic (exact) mass is 410 g/mol. The van der Waals surface area contributed by atoms with Crippen LogP contribution in [0.3, 0.4) is 0 Å². The summed E-state index contributed by atoms with van der Waals surface area (Å²) < 4.78 is 0. The molecule has 5 heteroatoms. The minimum atomic E-state index is 0.0607. The van der Waals surface area contributed by atoms with E-state index in [4.69, 9.17) is 11.6 Å². The summed E-state index contributed by atoms with van der Waals surface area (Å²) in [6.45, 7) is 1.73. The maximum atomic E-state index is 12.7. The Kier molecular flexibility index (Phi) is 6.19. The number of piperidine rings is 1. The fourth-order valence-corrected chi connectivity index (χ4v) is 4.58. The van der Waals surface area contributed by atoms with Gasteiger partial charge >= 0.3 is 0 Å². The molecule has 4 rings (SSSR count). The maximum absolute atomic E-state index is 12.7. The van der Waals surface area contributed by atoms with E-state index in [1.807, 2.05) is 18.2 Å². The number of carbonyl (C=O) groups is 2. The number of aryl methyl sites for hydroxylation is 1. The molecule has 1 atom stereocenters. The molecular weight excluding hydrogens is 384 g/mol. The van der Waals surface area contributed by atoms with Crippen molar-refractivity contribution in [3.8, 4) is 0 Å². The normalized spacial score (nSPS) is 18.4. The van der Waals surface area contributed by atoms with Gasteiger partial charge in [-0.1, -0.05) is 35.9 Å². The second kappa shape index (κ2) is 9.00. The zero-order chi connectivity index (χ0) is 20.2. The number of nitrogens with zero attached hydrogens (tertiary/aromatic N) is 1. The Hall–Kier alpha value is -2.33. The highest BCUT2D eigenvalue weighted by atomic mass is 35.5. The van der Waals surface area contributed by atoms with Crippen LogP contribution in [0.15, 0.2) is 42.5 Å². The average Bonchev–Trinajstić information content (AvgIpc) is 3.09. The third kappa shape index (κ3) is 5.18. The van der Waals surface area contributed by atoms with Gasteiger partial charge in [0, 0.05) is 30.2 Å². The van der Waals surface area contributed by atoms with Crippen LogP contribution in [-0.4, -0.2) is 29.8 Å². The Labute approximate surface area is 177 Å². The molecule has 2 aromatic rings. The molecule has 2 aliphatic heterocycles. The molecule has 0 aliphatic carbocycles. The van der Waals surface area contributed by atoms with Crippen molar-refractivity contribution in [1.29, 1.82) is 0 Å². The third-order valence-corrected chi connectivity index (χ3v) is 6.21. The van der Waals surface area contributed by atoms with E-state index < -0.39 is 0 Å². The molecule has 1 N–H and O–H groups in total. The van der Waals surface area contributed by atoms with Crippen LogP contribution in [0.25, 0.3) is 0 Å². The summed E-state index contributed by atoms with van der Waals surface area (Å²) in [6.07, 6.45) is 6.02. The average molecular weight is 411 g/mol. The Balaban J connectivity index is 1.24. The van der Waals surface area contributed by atoms with Gasteiger partial charge in [-0.25, -0.2) is 0 Å². The Bertz CT molecular complexity index is 894. The molecule has 1 saturated heterocycles. The second-order valence-corrected chi connectivity index (χ2v) is 8.69. The maximum Gasteiger partial charge on any atom is 0.228 e. The number of anilines is 1. The molecule has 2 aliphatic rings. The van der Waals surface area contributed by atoms with Crippen LogP contribution in [0.4, 0.5) is 5.69 Å². The molecule has 4 nitrogen and oxygen atoms in total. The van der Waals surface area contributed by atoms with Crippen LogP contribution in [0, 0.1) is 5.92 Å². The standard InChI is InChI=1S/C24H27ClN2O2/c25-21-9-6-18(7-10-21)13-19-4-2-12-27(16-19)24(29)5-1-3-17-8-11-22-20(14-17)15-23(28)26-22/h6-11,14,19H,1-5,12-13,15-16H2,(H,26,28). The zero-order valence-corrected chi connectivity index (χ0v) is 17.4. The quantitative estimate of drug-likeness (QED) is 0.754. The fourth-order valence-electron chi connectivity index (χ4n) is 4.45. The minimum Gasteiger partial charge on any atom is -0.342 e. The molecule has 2 aromatic carbocycles. The Morgan fingerprint density at radius 1 is 1.14 bits per heavy atom. The summed E-state index contributed by atoms with van der Waals surface area (Å²) in [5.41, 5.74) is 4.49. The summed E-state index contributed by atoms with van der Waals surface area (Å²) in [5.74, 6) is 0.852. The van der Waals surface area contributed by atoms with E-state index in [2.05, 4.69) is 34.5 Å². The number of amides is 2. The zero-order valence-electron chi connectivity index (χ0n) is 16.6. The summed E-state index contributed by atoms with van der Waals surface area (Å²) >= 11 is 5.98. The lowest BCUT2D eigenvalue weighted by Gasteiger charge is -2.33. The number of likely N-dealkylation sites (tertiary alicyclic amines) is 1. The van der Waals surface area contributed by atoms with Crippen LogP contribution in [0.2, 0.25) is 5.02 Å². The molecule has 1 unspecified atom stereocenters. The van der Waals surface area contributed by atoms with Gasteiger partial charge in [-0.15, -0.1) is 0 Å². The molecule has 29 heavy (non-hydrogen) atoms. The molecule has 0 aromatic heterocycles. The number of carbonyl (C=O) groups excluding carboxylic acids is 2. The lowest BCUT2D eigenvalue weighted by Crippen LogP contribution is -2.40. The second-order valence-electron chi connectivity index (χ2n) is 8.25. The summed E-state index contributed by atoms with van der Waals surface area (Å²) in [5, 5.41) is 3.62. The van der Waals surface area contributed by atoms with Crippen molar-refractivity contribution < 1.29 is 9.59 Å². The largest absolute Gasteiger partial charge is 0.342 e. The van der Waals surface area contributed by atoms with E-state index >= 15 is 0 Å². The van der Waals surface area contributed by atoms with Crippen molar-refractivity contribution in [2.75, 3.05) is 18.4 Å². The summed E-state index contributed by atoms with van der Waals surface area (Å²) in [7, 11) is 0. The van der Waals surface area contributed by atoms with E-state index in [0.29, 0.717) is 18.8 Å². The fraction of sp³-hybridized carbons (Fsp3) is 0.417. The van der Waals surface area contributed by atoms with Gasteiger partial charge < -0.3 is 10.2 Å². The van der Waals surface area contributed by atoms with Crippen LogP contribution >= 0.6 is 11.6 Å². The highest BCUT2D eigenvalue weighted by Crippen LogP contribution is 2.25. The van der Waals surface area contributed by atoms with Gasteiger partial charge in [0.05, 0.1) is 6.42 Å². The topological polar surface area (TPSA) is 49.4 Å². The van der Waals surface area contributed by atoms with E-state index in [1.165, 1.54) is 17.5 Å². The molecule has 152 valence electrons. The first-order valence-corrected chi connectivity index (χ1v) is 10.9. The molecule has 0 spiro atoms. The lowest BCUT2D eigenvalue weighted by molar-refractivity contribution is -0.133. The van der Waals surface area contributed by atoms with Gasteiger partial charge in [-0.05, 0) is 72.9 Å². The Morgan fingerprint density at radius 2 is 1.93 bits per heavy atom. The summed E-state index contributed by atoms with van der Waals surface area (Å²) in [4.78, 5) is 26.2. The smallest absolute Gasteiger partial charge is 0.228 e. The van der Waals surface area contributed by atoms with Crippen molar-refractivity contribution >= 4 is 29.1 Å². The van der Waals surface area contributed by atoms with Crippen molar-refractivity contribution in [3.05, 3.63) is 64.2 Å². The van der Waals surface area contributed by atoms with Gasteiger partial charge in [-0.3, -0.25) is 9.59 Å². The SMILES string of the molecule is O=C1Cc2cc(CCCC(=O)N3CCCC(Cc4ccc(Cl)cc4)C3)ccc2N1. The van der Waals surface area contributed by atoms with Crippen LogP contribution in [0.5, 0.6) is 0 Å². The predicted octanol–water partition coefficient (Wildman–Crippen LogP) is 4.64. The number of rotatable bonds is 6. The van der Waals surface area contributed by atoms with E-state index in [1.54, 1.807) is 0 Å². The van der Waals surface area contributed by atoms with E-state index in [0.717, 1.165) is 55.0 Å². The number of fused-ring (bicyclic) bond motifs is 1. The number of halogens is 1. The highest BCUT2D eigenvalue weighted by molar-refractivity contribution is 6.30. The molecular formula is C24H27ClN2O2. The predicted molar refractivity (Wildman–Crippen MR) is 116 cm³/mol. The van der Waals surface area contributed by atoms with Crippen LogP contribution in [0.1, 0.15) is 42.4 Å². The molecule has 2 heterocycles. The molecule has 0 bridgehead atoms. The van der Waals surface area contributed by atoms with E-state index in [-0.39, 0.29) is 11.8 Å². The van der Waals surface area contributed by atoms with Crippen LogP contribution < -0.4 is 5.32 Å². The first-order valence-electron chi connectivity index (χ1n) is 10.5. The minimum absolute atomic E-state index is 0.0607. The van der Waals surface area contributed by atoms with Gasteiger partial charge in [0.1, 0.15) is 0 Å². The van der Waals surface area contributed by atoms with Gasteiger partial charge in [0.15, 0.2) is 0 Å². The lowest BCUT2D eigenvalue weighted by atomic mass is 9.91. The van der Waals surface area contributed by atoms with Crippen molar-refractivity contribution in [1.82, 2.24) is 4.90 Å². The first-order chi connectivity index (χ1) is 14.1. The number of nitrogens with one attached hydrogen (secondary N) is 1. The molecule has 0 radical (unpaired) electrons. The van der Waals surface area contributed by atoms with Gasteiger partial charge in [0.2, 0.25) is 11.8 Å². The Morgan fingerprint density at radius 3 is 2.76 bits per heavy atom. The molecule has 1 fully saturated rings.